The van der Waals surface area contributed by atoms with Gasteiger partial charge in [0, 0.05) is 18.7 Å². The van der Waals surface area contributed by atoms with Crippen LogP contribution in [0, 0.1) is 0 Å². The predicted molar refractivity (Wildman–Crippen MR) is 76.3 cm³/mol. The Labute approximate surface area is 122 Å². The number of hydrogen-bond acceptors (Lipinski definition) is 5. The summed E-state index contributed by atoms with van der Waals surface area (Å²) in [5.41, 5.74) is 6.02. The van der Waals surface area contributed by atoms with Crippen LogP contribution in [0.2, 0.25) is 0 Å². The van der Waals surface area contributed by atoms with Crippen LogP contribution < -0.4 is 10.5 Å². The number of benzene rings is 1. The number of rotatable bonds is 4. The van der Waals surface area contributed by atoms with Gasteiger partial charge in [0.25, 0.3) is 5.91 Å². The Morgan fingerprint density at radius 3 is 2.52 bits per heavy atom. The number of likely N-dealkylation sites (tertiary alicyclic amines) is 1. The average molecular weight is 293 g/mol. The second-order valence-corrected chi connectivity index (χ2v) is 4.91. The SMILES string of the molecule is N/C(=N\O)c1ccc(OCC(=O)N2CCC(O)CC2)cc1. The summed E-state index contributed by atoms with van der Waals surface area (Å²) in [7, 11) is 0. The predicted octanol–water partition coefficient (Wildman–Crippen LogP) is 0.143. The molecule has 1 aromatic carbocycles. The molecule has 0 spiro atoms. The van der Waals surface area contributed by atoms with Gasteiger partial charge in [0.2, 0.25) is 0 Å². The van der Waals surface area contributed by atoms with E-state index in [0.29, 0.717) is 37.2 Å². The minimum absolute atomic E-state index is 0.0181. The second kappa shape index (κ2) is 6.94. The standard InChI is InChI=1S/C14H19N3O4/c15-14(16-20)10-1-3-12(4-2-10)21-9-13(19)17-7-5-11(18)6-8-17/h1-4,11,18,20H,5-9H2,(H2,15,16). The Balaban J connectivity index is 1.84. The molecule has 1 amide bonds. The van der Waals surface area contributed by atoms with Crippen LogP contribution in [0.15, 0.2) is 29.4 Å². The van der Waals surface area contributed by atoms with Crippen LogP contribution in [-0.2, 0) is 4.79 Å². The Kier molecular flexibility index (Phi) is 4.99. The van der Waals surface area contributed by atoms with Gasteiger partial charge in [0.05, 0.1) is 6.10 Å². The van der Waals surface area contributed by atoms with E-state index in [1.807, 2.05) is 0 Å². The highest BCUT2D eigenvalue weighted by molar-refractivity contribution is 5.97. The van der Waals surface area contributed by atoms with Crippen molar-refractivity contribution in [2.45, 2.75) is 18.9 Å². The molecule has 1 heterocycles. The maximum atomic E-state index is 11.9. The summed E-state index contributed by atoms with van der Waals surface area (Å²) in [6, 6.07) is 6.60. The molecule has 4 N–H and O–H groups in total. The smallest absolute Gasteiger partial charge is 0.260 e. The quantitative estimate of drug-likeness (QED) is 0.317. The molecular formula is C14H19N3O4. The van der Waals surface area contributed by atoms with Gasteiger partial charge in [-0.2, -0.15) is 0 Å². The molecule has 7 heteroatoms. The first-order chi connectivity index (χ1) is 10.1. The van der Waals surface area contributed by atoms with Crippen molar-refractivity contribution in [2.75, 3.05) is 19.7 Å². The van der Waals surface area contributed by atoms with E-state index in [1.54, 1.807) is 29.2 Å². The van der Waals surface area contributed by atoms with Crippen LogP contribution in [-0.4, -0.2) is 52.8 Å². The van der Waals surface area contributed by atoms with Gasteiger partial charge >= 0.3 is 0 Å². The molecule has 0 radical (unpaired) electrons. The summed E-state index contributed by atoms with van der Waals surface area (Å²) < 4.78 is 5.42. The van der Waals surface area contributed by atoms with E-state index in [-0.39, 0.29) is 24.5 Å². The third kappa shape index (κ3) is 4.09. The molecule has 0 atom stereocenters. The van der Waals surface area contributed by atoms with Gasteiger partial charge in [0.15, 0.2) is 12.4 Å². The third-order valence-electron chi connectivity index (χ3n) is 3.44. The lowest BCUT2D eigenvalue weighted by molar-refractivity contribution is -0.135. The number of piperidine rings is 1. The zero-order valence-corrected chi connectivity index (χ0v) is 11.6. The highest BCUT2D eigenvalue weighted by atomic mass is 16.5. The first-order valence-electron chi connectivity index (χ1n) is 6.76. The molecule has 0 unspecified atom stereocenters. The lowest BCUT2D eigenvalue weighted by Crippen LogP contribution is -2.42. The van der Waals surface area contributed by atoms with Crippen molar-refractivity contribution in [1.29, 1.82) is 0 Å². The average Bonchev–Trinajstić information content (AvgIpc) is 2.53. The van der Waals surface area contributed by atoms with E-state index in [9.17, 15) is 9.90 Å². The minimum atomic E-state index is -0.304. The van der Waals surface area contributed by atoms with Crippen LogP contribution in [0.25, 0.3) is 0 Å². The Hall–Kier alpha value is -2.28. The van der Waals surface area contributed by atoms with Crippen molar-refractivity contribution in [3.63, 3.8) is 0 Å². The van der Waals surface area contributed by atoms with Crippen LogP contribution in [0.1, 0.15) is 18.4 Å². The number of ether oxygens (including phenoxy) is 1. The van der Waals surface area contributed by atoms with Crippen molar-refractivity contribution in [3.8, 4) is 5.75 Å². The molecule has 1 aromatic rings. The molecule has 2 rings (SSSR count). The minimum Gasteiger partial charge on any atom is -0.484 e. The maximum Gasteiger partial charge on any atom is 0.260 e. The van der Waals surface area contributed by atoms with Crippen molar-refractivity contribution in [3.05, 3.63) is 29.8 Å². The Morgan fingerprint density at radius 1 is 1.33 bits per heavy atom. The van der Waals surface area contributed by atoms with Crippen LogP contribution in [0.4, 0.5) is 0 Å². The molecule has 0 bridgehead atoms. The summed E-state index contributed by atoms with van der Waals surface area (Å²) in [5.74, 6) is 0.460. The number of carbonyl (C=O) groups is 1. The van der Waals surface area contributed by atoms with E-state index in [1.165, 1.54) is 0 Å². The number of nitrogens with zero attached hydrogens (tertiary/aromatic N) is 2. The van der Waals surface area contributed by atoms with Crippen molar-refractivity contribution < 1.29 is 19.8 Å². The van der Waals surface area contributed by atoms with Crippen molar-refractivity contribution in [2.24, 2.45) is 10.9 Å². The molecule has 1 fully saturated rings. The number of nitrogens with two attached hydrogens (primary N) is 1. The van der Waals surface area contributed by atoms with E-state index in [0.717, 1.165) is 0 Å². The van der Waals surface area contributed by atoms with E-state index >= 15 is 0 Å². The fourth-order valence-corrected chi connectivity index (χ4v) is 2.13. The molecule has 114 valence electrons. The summed E-state index contributed by atoms with van der Waals surface area (Å²) in [5, 5.41) is 20.9. The molecule has 7 nitrogen and oxygen atoms in total. The Bertz CT molecular complexity index is 507. The second-order valence-electron chi connectivity index (χ2n) is 4.91. The van der Waals surface area contributed by atoms with Gasteiger partial charge in [-0.15, -0.1) is 0 Å². The van der Waals surface area contributed by atoms with Crippen LogP contribution >= 0.6 is 0 Å². The summed E-state index contributed by atoms with van der Waals surface area (Å²) in [6.07, 6.45) is 0.918. The third-order valence-corrected chi connectivity index (χ3v) is 3.44. The molecule has 0 aliphatic carbocycles. The molecule has 0 saturated carbocycles. The highest BCUT2D eigenvalue weighted by Crippen LogP contribution is 2.14. The molecule has 1 saturated heterocycles. The maximum absolute atomic E-state index is 11.9. The Morgan fingerprint density at radius 2 is 1.95 bits per heavy atom. The van der Waals surface area contributed by atoms with Crippen molar-refractivity contribution >= 4 is 11.7 Å². The highest BCUT2D eigenvalue weighted by Gasteiger charge is 2.21. The zero-order valence-electron chi connectivity index (χ0n) is 11.6. The molecule has 21 heavy (non-hydrogen) atoms. The summed E-state index contributed by atoms with van der Waals surface area (Å²) in [6.45, 7) is 1.08. The van der Waals surface area contributed by atoms with E-state index in [4.69, 9.17) is 15.7 Å². The largest absolute Gasteiger partial charge is 0.484 e. The molecule has 1 aliphatic rings. The summed E-state index contributed by atoms with van der Waals surface area (Å²) >= 11 is 0. The number of hydrogen-bond donors (Lipinski definition) is 3. The molecule has 1 aliphatic heterocycles. The monoisotopic (exact) mass is 293 g/mol. The molecular weight excluding hydrogens is 274 g/mol. The number of amidine groups is 1. The van der Waals surface area contributed by atoms with Gasteiger partial charge in [-0.3, -0.25) is 4.79 Å². The zero-order chi connectivity index (χ0) is 15.2. The lowest BCUT2D eigenvalue weighted by atomic mass is 10.1. The number of amides is 1. The van der Waals surface area contributed by atoms with Crippen molar-refractivity contribution in [1.82, 2.24) is 4.90 Å². The van der Waals surface area contributed by atoms with Gasteiger partial charge in [0.1, 0.15) is 5.75 Å². The molecule has 0 aromatic heterocycles. The van der Waals surface area contributed by atoms with Crippen LogP contribution in [0.5, 0.6) is 5.75 Å². The van der Waals surface area contributed by atoms with Gasteiger partial charge < -0.3 is 25.7 Å². The number of carbonyl (C=O) groups excluding carboxylic acids is 1. The summed E-state index contributed by atoms with van der Waals surface area (Å²) in [4.78, 5) is 13.6. The lowest BCUT2D eigenvalue weighted by Gasteiger charge is -2.29. The fourth-order valence-electron chi connectivity index (χ4n) is 2.13. The van der Waals surface area contributed by atoms with E-state index in [2.05, 4.69) is 5.16 Å². The first-order valence-corrected chi connectivity index (χ1v) is 6.76. The fraction of sp³-hybridized carbons (Fsp3) is 0.429. The topological polar surface area (TPSA) is 108 Å². The first kappa shape index (κ1) is 15.1. The van der Waals surface area contributed by atoms with Crippen LogP contribution in [0.3, 0.4) is 0 Å². The number of oxime groups is 1. The van der Waals surface area contributed by atoms with Gasteiger partial charge in [-0.05, 0) is 37.1 Å². The number of aliphatic hydroxyl groups excluding tert-OH is 1. The van der Waals surface area contributed by atoms with Gasteiger partial charge in [-0.25, -0.2) is 0 Å². The normalized spacial score (nSPS) is 16.8. The van der Waals surface area contributed by atoms with E-state index < -0.39 is 0 Å². The number of aliphatic hydroxyl groups is 1. The van der Waals surface area contributed by atoms with Gasteiger partial charge in [-0.1, -0.05) is 5.16 Å².